The van der Waals surface area contributed by atoms with Gasteiger partial charge >= 0.3 is 5.97 Å². The van der Waals surface area contributed by atoms with Gasteiger partial charge in [0.2, 0.25) is 5.82 Å². The molecule has 2 aromatic heterocycles. The monoisotopic (exact) mass is 451 g/mol. The highest BCUT2D eigenvalue weighted by Gasteiger charge is 2.30. The molecule has 5 rings (SSSR count). The average Bonchev–Trinajstić information content (AvgIpc) is 3.33. The number of aryl methyl sites for hydroxylation is 1. The molecule has 0 aliphatic carbocycles. The van der Waals surface area contributed by atoms with E-state index in [2.05, 4.69) is 15.3 Å². The Kier molecular flexibility index (Phi) is 4.93. The maximum Gasteiger partial charge on any atom is 0.356 e. The number of thiophene rings is 1. The fourth-order valence-corrected chi connectivity index (χ4v) is 5.04. The normalized spacial score (nSPS) is 15.8. The second-order valence-electron chi connectivity index (χ2n) is 7.92. The number of H-pyrrole nitrogens is 1. The molecule has 0 saturated heterocycles. The Bertz CT molecular complexity index is 1360. The van der Waals surface area contributed by atoms with E-state index >= 15 is 0 Å². The maximum absolute atomic E-state index is 12.6. The summed E-state index contributed by atoms with van der Waals surface area (Å²) in [6, 6.07) is 6.02. The van der Waals surface area contributed by atoms with Crippen molar-refractivity contribution in [1.82, 2.24) is 20.2 Å². The fraction of sp³-hybridized carbons (Fsp3) is 0.273. The van der Waals surface area contributed by atoms with Crippen LogP contribution in [0.15, 0.2) is 39.8 Å². The lowest BCUT2D eigenvalue weighted by Gasteiger charge is -2.30. The summed E-state index contributed by atoms with van der Waals surface area (Å²) in [4.78, 5) is 46.2. The van der Waals surface area contributed by atoms with Crippen LogP contribution in [0.1, 0.15) is 32.9 Å². The van der Waals surface area contributed by atoms with Crippen LogP contribution >= 0.6 is 11.3 Å². The van der Waals surface area contributed by atoms with Crippen LogP contribution in [-0.4, -0.2) is 39.9 Å². The van der Waals surface area contributed by atoms with E-state index in [1.54, 1.807) is 0 Å². The largest absolute Gasteiger partial charge is 0.454 e. The Labute approximate surface area is 186 Å². The summed E-state index contributed by atoms with van der Waals surface area (Å²) < 4.78 is 5.03. The van der Waals surface area contributed by atoms with Gasteiger partial charge in [-0.15, -0.1) is 11.3 Å². The molecule has 9 nitrogen and oxygen atoms in total. The number of nitrogens with two attached hydrogens (primary N) is 1. The van der Waals surface area contributed by atoms with Gasteiger partial charge in [0.1, 0.15) is 17.1 Å². The van der Waals surface area contributed by atoms with Crippen LogP contribution in [0.25, 0.3) is 10.2 Å². The quantitative estimate of drug-likeness (QED) is 0.510. The standard InChI is InChI=1S/C22H21N5O4S/c1-11-10-32-21-16(11)19(28)25-18(26-21)20(29)24-7-12-2-3-13-4-5-27(8-14(13)6-12)17-15(23)9-31-22(17)30/h2-3,6,10H,4-5,7-9,23H2,1H3,(H,24,29)(H,25,26,28). The van der Waals surface area contributed by atoms with E-state index in [4.69, 9.17) is 10.5 Å². The van der Waals surface area contributed by atoms with Crippen LogP contribution in [0.5, 0.6) is 0 Å². The van der Waals surface area contributed by atoms with Gasteiger partial charge in [-0.3, -0.25) is 9.59 Å². The lowest BCUT2D eigenvalue weighted by atomic mass is 9.97. The number of nitrogens with one attached hydrogen (secondary N) is 2. The molecule has 10 heteroatoms. The molecular formula is C22H21N5O4S. The number of fused-ring (bicyclic) bond motifs is 2. The van der Waals surface area contributed by atoms with E-state index in [1.165, 1.54) is 16.9 Å². The van der Waals surface area contributed by atoms with Crippen molar-refractivity contribution in [3.8, 4) is 0 Å². The van der Waals surface area contributed by atoms with E-state index in [0.29, 0.717) is 34.7 Å². The van der Waals surface area contributed by atoms with Gasteiger partial charge in [0.05, 0.1) is 11.1 Å². The van der Waals surface area contributed by atoms with E-state index in [9.17, 15) is 14.4 Å². The number of hydrogen-bond acceptors (Lipinski definition) is 8. The first-order chi connectivity index (χ1) is 15.4. The number of aromatic amines is 1. The Morgan fingerprint density at radius 3 is 2.97 bits per heavy atom. The topological polar surface area (TPSA) is 130 Å². The van der Waals surface area contributed by atoms with Crippen molar-refractivity contribution in [2.75, 3.05) is 13.2 Å². The molecule has 0 fully saturated rings. The Morgan fingerprint density at radius 1 is 1.34 bits per heavy atom. The number of cyclic esters (lactones) is 1. The molecule has 0 unspecified atom stereocenters. The van der Waals surface area contributed by atoms with E-state index in [0.717, 1.165) is 23.1 Å². The van der Waals surface area contributed by atoms with Crippen molar-refractivity contribution in [2.45, 2.75) is 26.4 Å². The summed E-state index contributed by atoms with van der Waals surface area (Å²) in [5.74, 6) is -0.828. The zero-order valence-corrected chi connectivity index (χ0v) is 18.2. The molecule has 4 N–H and O–H groups in total. The number of nitrogens with zero attached hydrogens (tertiary/aromatic N) is 2. The molecule has 4 heterocycles. The molecular weight excluding hydrogens is 430 g/mol. The molecule has 0 radical (unpaired) electrons. The second kappa shape index (κ2) is 7.79. The van der Waals surface area contributed by atoms with Crippen molar-refractivity contribution < 1.29 is 14.3 Å². The van der Waals surface area contributed by atoms with E-state index in [-0.39, 0.29) is 30.5 Å². The molecule has 0 spiro atoms. The summed E-state index contributed by atoms with van der Waals surface area (Å²) in [6.45, 7) is 3.50. The number of hydrogen-bond donors (Lipinski definition) is 3. The van der Waals surface area contributed by atoms with Gasteiger partial charge < -0.3 is 25.7 Å². The lowest BCUT2D eigenvalue weighted by Crippen LogP contribution is -2.33. The predicted octanol–water partition coefficient (Wildman–Crippen LogP) is 1.31. The van der Waals surface area contributed by atoms with E-state index < -0.39 is 5.91 Å². The molecule has 3 aromatic rings. The molecule has 164 valence electrons. The third-order valence-electron chi connectivity index (χ3n) is 5.75. The molecule has 0 atom stereocenters. The van der Waals surface area contributed by atoms with Crippen molar-refractivity contribution in [1.29, 1.82) is 0 Å². The van der Waals surface area contributed by atoms with Crippen molar-refractivity contribution in [3.63, 3.8) is 0 Å². The van der Waals surface area contributed by atoms with Crippen LogP contribution in [0, 0.1) is 6.92 Å². The summed E-state index contributed by atoms with van der Waals surface area (Å²) in [5, 5.41) is 5.19. The number of carbonyl (C=O) groups excluding carboxylic acids is 2. The molecule has 2 aliphatic rings. The number of amides is 1. The second-order valence-corrected chi connectivity index (χ2v) is 8.78. The highest BCUT2D eigenvalue weighted by atomic mass is 32.1. The van der Waals surface area contributed by atoms with Crippen LogP contribution < -0.4 is 16.6 Å². The summed E-state index contributed by atoms with van der Waals surface area (Å²) in [7, 11) is 0. The number of esters is 1. The van der Waals surface area contributed by atoms with Crippen LogP contribution in [0.3, 0.4) is 0 Å². The zero-order valence-electron chi connectivity index (χ0n) is 17.4. The van der Waals surface area contributed by atoms with Gasteiger partial charge in [-0.2, -0.15) is 0 Å². The van der Waals surface area contributed by atoms with Crippen LogP contribution in [-0.2, 0) is 29.0 Å². The van der Waals surface area contributed by atoms with Gasteiger partial charge in [-0.25, -0.2) is 9.78 Å². The number of rotatable bonds is 4. The maximum atomic E-state index is 12.6. The summed E-state index contributed by atoms with van der Waals surface area (Å²) in [5.41, 5.74) is 10.6. The van der Waals surface area contributed by atoms with Gasteiger partial charge in [0.15, 0.2) is 0 Å². The summed E-state index contributed by atoms with van der Waals surface area (Å²) in [6.07, 6.45) is 0.789. The van der Waals surface area contributed by atoms with Gasteiger partial charge in [0.25, 0.3) is 11.5 Å². The minimum absolute atomic E-state index is 0.00403. The number of carbonyl (C=O) groups is 2. The Balaban J connectivity index is 1.31. The Morgan fingerprint density at radius 2 is 2.19 bits per heavy atom. The van der Waals surface area contributed by atoms with Crippen molar-refractivity contribution in [3.05, 3.63) is 73.4 Å². The van der Waals surface area contributed by atoms with Crippen molar-refractivity contribution >= 4 is 33.4 Å². The molecule has 1 aromatic carbocycles. The smallest absolute Gasteiger partial charge is 0.356 e. The first-order valence-corrected chi connectivity index (χ1v) is 11.1. The zero-order chi connectivity index (χ0) is 22.4. The fourth-order valence-electron chi connectivity index (χ4n) is 4.12. The molecule has 2 aliphatic heterocycles. The van der Waals surface area contributed by atoms with Crippen molar-refractivity contribution in [2.24, 2.45) is 5.73 Å². The van der Waals surface area contributed by atoms with Crippen LogP contribution in [0.2, 0.25) is 0 Å². The first-order valence-electron chi connectivity index (χ1n) is 10.2. The number of ether oxygens (including phenoxy) is 1. The van der Waals surface area contributed by atoms with Gasteiger partial charge in [-0.1, -0.05) is 18.2 Å². The number of aromatic nitrogens is 2. The third kappa shape index (κ3) is 3.52. The predicted molar refractivity (Wildman–Crippen MR) is 119 cm³/mol. The minimum atomic E-state index is -0.443. The first kappa shape index (κ1) is 20.3. The SMILES string of the molecule is Cc1csc2nc(C(=O)NCc3ccc4c(c3)CN(C3=C(N)COC3=O)CC4)[nH]c(=O)c12. The minimum Gasteiger partial charge on any atom is -0.454 e. The highest BCUT2D eigenvalue weighted by molar-refractivity contribution is 7.16. The van der Waals surface area contributed by atoms with Crippen LogP contribution in [0.4, 0.5) is 0 Å². The number of benzene rings is 1. The third-order valence-corrected chi connectivity index (χ3v) is 6.74. The molecule has 0 bridgehead atoms. The summed E-state index contributed by atoms with van der Waals surface area (Å²) >= 11 is 1.34. The van der Waals surface area contributed by atoms with Gasteiger partial charge in [-0.05, 0) is 41.0 Å². The van der Waals surface area contributed by atoms with E-state index in [1.807, 2.05) is 35.4 Å². The molecule has 1 amide bonds. The highest BCUT2D eigenvalue weighted by Crippen LogP contribution is 2.26. The Hall–Kier alpha value is -3.66. The molecule has 0 saturated carbocycles. The lowest BCUT2D eigenvalue weighted by molar-refractivity contribution is -0.137. The van der Waals surface area contributed by atoms with Gasteiger partial charge in [0, 0.05) is 19.6 Å². The average molecular weight is 452 g/mol. The molecule has 32 heavy (non-hydrogen) atoms.